The Labute approximate surface area is 155 Å². The molecule has 1 aliphatic heterocycles. The number of hydrogen-bond acceptors (Lipinski definition) is 2. The summed E-state index contributed by atoms with van der Waals surface area (Å²) < 4.78 is 0. The van der Waals surface area contributed by atoms with Crippen LogP contribution in [0.1, 0.15) is 48.0 Å². The van der Waals surface area contributed by atoms with Gasteiger partial charge in [0.1, 0.15) is 6.04 Å². The number of rotatable bonds is 5. The Morgan fingerprint density at radius 3 is 1.92 bits per heavy atom. The van der Waals surface area contributed by atoms with Gasteiger partial charge in [-0.3, -0.25) is 4.99 Å². The lowest BCUT2D eigenvalue weighted by Gasteiger charge is -2.20. The summed E-state index contributed by atoms with van der Waals surface area (Å²) in [5, 5.41) is 3.71. The molecule has 3 atom stereocenters. The van der Waals surface area contributed by atoms with E-state index < -0.39 is 0 Å². The van der Waals surface area contributed by atoms with Crippen LogP contribution in [0.5, 0.6) is 0 Å². The van der Waals surface area contributed by atoms with Crippen LogP contribution in [0.4, 0.5) is 0 Å². The maximum absolute atomic E-state index is 5.09. The summed E-state index contributed by atoms with van der Waals surface area (Å²) >= 11 is 0. The van der Waals surface area contributed by atoms with Gasteiger partial charge in [-0.15, -0.1) is 0 Å². The molecule has 0 aromatic heterocycles. The Balaban J connectivity index is 1.60. The molecule has 2 heteroatoms. The van der Waals surface area contributed by atoms with E-state index in [9.17, 15) is 0 Å². The quantitative estimate of drug-likeness (QED) is 0.636. The molecule has 0 fully saturated rings. The zero-order chi connectivity index (χ0) is 17.8. The van der Waals surface area contributed by atoms with Crippen molar-refractivity contribution in [3.05, 3.63) is 108 Å². The number of aliphatic imine (C=N–C) groups is 1. The number of hydrogen-bond donors (Lipinski definition) is 1. The van der Waals surface area contributed by atoms with E-state index in [1.807, 2.05) is 0 Å². The van der Waals surface area contributed by atoms with E-state index in [0.29, 0.717) is 5.92 Å². The summed E-state index contributed by atoms with van der Waals surface area (Å²) in [6, 6.07) is 32.2. The molecule has 0 radical (unpaired) electrons. The van der Waals surface area contributed by atoms with Crippen LogP contribution in [0, 0.1) is 0 Å². The molecule has 4 rings (SSSR count). The monoisotopic (exact) mass is 340 g/mol. The summed E-state index contributed by atoms with van der Waals surface area (Å²) in [6.07, 6.45) is 0.927. The maximum Gasteiger partial charge on any atom is 0.101 e. The molecule has 0 aliphatic carbocycles. The molecule has 1 N–H and O–H groups in total. The van der Waals surface area contributed by atoms with Crippen molar-refractivity contribution in [1.29, 1.82) is 0 Å². The highest BCUT2D eigenvalue weighted by molar-refractivity contribution is 5.85. The Kier molecular flexibility index (Phi) is 4.83. The van der Waals surface area contributed by atoms with Crippen LogP contribution in [-0.4, -0.2) is 5.84 Å². The van der Waals surface area contributed by atoms with Gasteiger partial charge < -0.3 is 5.32 Å². The third-order valence-corrected chi connectivity index (χ3v) is 5.10. The lowest BCUT2D eigenvalue weighted by molar-refractivity contribution is 0.570. The lowest BCUT2D eigenvalue weighted by atomic mass is 9.95. The van der Waals surface area contributed by atoms with E-state index in [0.717, 1.165) is 12.3 Å². The molecule has 3 aromatic carbocycles. The molecular formula is C24H24N2. The van der Waals surface area contributed by atoms with Crippen molar-refractivity contribution in [3.63, 3.8) is 0 Å². The SMILES string of the molecule is CC(CC1=NC(c2ccccc2)C(c2ccccc2)N1)c1ccccc1. The van der Waals surface area contributed by atoms with Crippen LogP contribution >= 0.6 is 0 Å². The van der Waals surface area contributed by atoms with Gasteiger partial charge in [-0.2, -0.15) is 0 Å². The van der Waals surface area contributed by atoms with Gasteiger partial charge in [0.2, 0.25) is 0 Å². The molecule has 26 heavy (non-hydrogen) atoms. The van der Waals surface area contributed by atoms with E-state index in [1.54, 1.807) is 0 Å². The Morgan fingerprint density at radius 2 is 1.31 bits per heavy atom. The first-order valence-corrected chi connectivity index (χ1v) is 9.29. The van der Waals surface area contributed by atoms with Crippen LogP contribution in [0.15, 0.2) is 96.0 Å². The minimum atomic E-state index is 0.122. The molecule has 0 amide bonds. The Morgan fingerprint density at radius 1 is 0.769 bits per heavy atom. The van der Waals surface area contributed by atoms with Crippen molar-refractivity contribution in [2.45, 2.75) is 31.3 Å². The molecular weight excluding hydrogens is 316 g/mol. The van der Waals surface area contributed by atoms with E-state index in [2.05, 4.69) is 103 Å². The summed E-state index contributed by atoms with van der Waals surface area (Å²) in [6.45, 7) is 2.27. The normalized spacial score (nSPS) is 20.3. The molecule has 3 aromatic rings. The van der Waals surface area contributed by atoms with Crippen LogP contribution in [0.25, 0.3) is 0 Å². The zero-order valence-corrected chi connectivity index (χ0v) is 15.0. The number of nitrogens with one attached hydrogen (secondary N) is 1. The summed E-state index contributed by atoms with van der Waals surface area (Å²) in [7, 11) is 0. The molecule has 2 nitrogen and oxygen atoms in total. The van der Waals surface area contributed by atoms with Gasteiger partial charge in [0, 0.05) is 6.42 Å². The molecule has 1 aliphatic rings. The molecule has 0 spiro atoms. The van der Waals surface area contributed by atoms with E-state index >= 15 is 0 Å². The lowest BCUT2D eigenvalue weighted by Crippen LogP contribution is -2.25. The predicted molar refractivity (Wildman–Crippen MR) is 108 cm³/mol. The molecule has 0 saturated carbocycles. The third kappa shape index (κ3) is 3.55. The van der Waals surface area contributed by atoms with Crippen molar-refractivity contribution in [2.75, 3.05) is 0 Å². The maximum atomic E-state index is 5.09. The van der Waals surface area contributed by atoms with Crippen molar-refractivity contribution < 1.29 is 0 Å². The van der Waals surface area contributed by atoms with Crippen LogP contribution in [0.3, 0.4) is 0 Å². The first-order chi connectivity index (χ1) is 12.8. The second-order valence-corrected chi connectivity index (χ2v) is 6.98. The van der Waals surface area contributed by atoms with Gasteiger partial charge in [0.05, 0.1) is 11.9 Å². The van der Waals surface area contributed by atoms with E-state index in [4.69, 9.17) is 4.99 Å². The number of nitrogens with zero attached hydrogens (tertiary/aromatic N) is 1. The number of benzene rings is 3. The number of amidine groups is 1. The minimum Gasteiger partial charge on any atom is -0.364 e. The molecule has 0 bridgehead atoms. The summed E-state index contributed by atoms with van der Waals surface area (Å²) in [5.41, 5.74) is 3.90. The average molecular weight is 340 g/mol. The highest BCUT2D eigenvalue weighted by atomic mass is 15.1. The molecule has 1 heterocycles. The fourth-order valence-electron chi connectivity index (χ4n) is 3.68. The topological polar surface area (TPSA) is 24.4 Å². The van der Waals surface area contributed by atoms with Gasteiger partial charge in [0.25, 0.3) is 0 Å². The second kappa shape index (κ2) is 7.57. The fourth-order valence-corrected chi connectivity index (χ4v) is 3.68. The largest absolute Gasteiger partial charge is 0.364 e. The average Bonchev–Trinajstić information content (AvgIpc) is 3.14. The van der Waals surface area contributed by atoms with Crippen molar-refractivity contribution in [3.8, 4) is 0 Å². The van der Waals surface area contributed by atoms with E-state index in [-0.39, 0.29) is 12.1 Å². The zero-order valence-electron chi connectivity index (χ0n) is 15.0. The van der Waals surface area contributed by atoms with Crippen molar-refractivity contribution in [1.82, 2.24) is 5.32 Å². The third-order valence-electron chi connectivity index (χ3n) is 5.10. The van der Waals surface area contributed by atoms with Crippen molar-refractivity contribution in [2.24, 2.45) is 4.99 Å². The second-order valence-electron chi connectivity index (χ2n) is 6.98. The van der Waals surface area contributed by atoms with Gasteiger partial charge in [-0.05, 0) is 22.6 Å². The van der Waals surface area contributed by atoms with Gasteiger partial charge in [-0.1, -0.05) is 97.9 Å². The standard InChI is InChI=1S/C24H24N2/c1-18(19-11-5-2-6-12-19)17-22-25-23(20-13-7-3-8-14-20)24(26-22)21-15-9-4-10-16-21/h2-16,18,23-24H,17H2,1H3,(H,25,26). The fraction of sp³-hybridized carbons (Fsp3) is 0.208. The Hall–Kier alpha value is -2.87. The van der Waals surface area contributed by atoms with Gasteiger partial charge in [-0.25, -0.2) is 0 Å². The minimum absolute atomic E-state index is 0.122. The molecule has 130 valence electrons. The van der Waals surface area contributed by atoms with Gasteiger partial charge >= 0.3 is 0 Å². The first kappa shape index (κ1) is 16.6. The Bertz CT molecular complexity index is 856. The van der Waals surface area contributed by atoms with Gasteiger partial charge in [0.15, 0.2) is 0 Å². The van der Waals surface area contributed by atoms with Crippen LogP contribution in [-0.2, 0) is 0 Å². The smallest absolute Gasteiger partial charge is 0.101 e. The highest BCUT2D eigenvalue weighted by Crippen LogP contribution is 2.37. The summed E-state index contributed by atoms with van der Waals surface area (Å²) in [4.78, 5) is 5.09. The van der Waals surface area contributed by atoms with E-state index in [1.165, 1.54) is 16.7 Å². The predicted octanol–water partition coefficient (Wildman–Crippen LogP) is 5.66. The molecule has 3 unspecified atom stereocenters. The first-order valence-electron chi connectivity index (χ1n) is 9.29. The molecule has 0 saturated heterocycles. The highest BCUT2D eigenvalue weighted by Gasteiger charge is 2.31. The summed E-state index contributed by atoms with van der Waals surface area (Å²) in [5.74, 6) is 1.54. The van der Waals surface area contributed by atoms with Crippen LogP contribution < -0.4 is 5.32 Å². The van der Waals surface area contributed by atoms with Crippen molar-refractivity contribution >= 4 is 5.84 Å². The van der Waals surface area contributed by atoms with Crippen LogP contribution in [0.2, 0.25) is 0 Å².